The van der Waals surface area contributed by atoms with Crippen molar-refractivity contribution in [2.75, 3.05) is 20.2 Å². The highest BCUT2D eigenvalue weighted by Crippen LogP contribution is 2.18. The predicted molar refractivity (Wildman–Crippen MR) is 132 cm³/mol. The average Bonchev–Trinajstić information content (AvgIpc) is 2.87. The van der Waals surface area contributed by atoms with Crippen molar-refractivity contribution in [3.63, 3.8) is 0 Å². The molecule has 2 unspecified atom stereocenters. The summed E-state index contributed by atoms with van der Waals surface area (Å²) in [6, 6.07) is 21.8. The van der Waals surface area contributed by atoms with Crippen LogP contribution in [0.15, 0.2) is 72.8 Å². The minimum absolute atomic E-state index is 0.0323. The molecular formula is C27H31N3O4. The summed E-state index contributed by atoms with van der Waals surface area (Å²) < 4.78 is 0. The van der Waals surface area contributed by atoms with Crippen LogP contribution in [0.2, 0.25) is 0 Å². The van der Waals surface area contributed by atoms with Crippen molar-refractivity contribution >= 4 is 29.0 Å². The first-order valence-corrected chi connectivity index (χ1v) is 11.4. The molecule has 0 aliphatic heterocycles. The van der Waals surface area contributed by atoms with E-state index in [9.17, 15) is 14.4 Å². The Morgan fingerprint density at radius 1 is 0.941 bits per heavy atom. The monoisotopic (exact) mass is 461 g/mol. The van der Waals surface area contributed by atoms with Crippen molar-refractivity contribution in [1.29, 1.82) is 0 Å². The van der Waals surface area contributed by atoms with Gasteiger partial charge >= 0.3 is 0 Å². The van der Waals surface area contributed by atoms with Crippen molar-refractivity contribution in [3.8, 4) is 0 Å². The number of rotatable bonds is 12. The molecule has 2 atom stereocenters. The zero-order chi connectivity index (χ0) is 24.3. The van der Waals surface area contributed by atoms with Gasteiger partial charge in [-0.15, -0.1) is 0 Å². The van der Waals surface area contributed by atoms with E-state index in [-0.39, 0.29) is 18.4 Å². The summed E-state index contributed by atoms with van der Waals surface area (Å²) in [7, 11) is 1.58. The van der Waals surface area contributed by atoms with E-state index in [1.165, 1.54) is 4.90 Å². The molecule has 3 aromatic carbocycles. The van der Waals surface area contributed by atoms with Gasteiger partial charge in [-0.25, -0.2) is 0 Å². The molecule has 0 heterocycles. The molecule has 0 aromatic heterocycles. The van der Waals surface area contributed by atoms with Gasteiger partial charge < -0.3 is 20.6 Å². The number of fused-ring (bicyclic) bond motifs is 1. The fourth-order valence-corrected chi connectivity index (χ4v) is 3.95. The van der Waals surface area contributed by atoms with Gasteiger partial charge in [0, 0.05) is 33.0 Å². The standard InChI is InChI=1S/C27H31N3O4/c1-30(25(26(33)28-14-7-15-31)18-20-8-3-2-4-9-20)27(34)24(29-19-32)17-21-12-13-22-10-5-6-11-23(22)16-21/h2-6,8-13,16,19,24-25,31H,7,14-15,17-18H2,1H3,(H,28,33)(H,29,32). The van der Waals surface area contributed by atoms with Crippen LogP contribution in [0.25, 0.3) is 10.8 Å². The van der Waals surface area contributed by atoms with E-state index in [0.29, 0.717) is 32.2 Å². The highest BCUT2D eigenvalue weighted by molar-refractivity contribution is 5.91. The zero-order valence-electron chi connectivity index (χ0n) is 19.3. The minimum atomic E-state index is -0.813. The molecule has 0 fully saturated rings. The van der Waals surface area contributed by atoms with Gasteiger partial charge in [0.2, 0.25) is 18.2 Å². The fourth-order valence-electron chi connectivity index (χ4n) is 3.95. The smallest absolute Gasteiger partial charge is 0.245 e. The lowest BCUT2D eigenvalue weighted by atomic mass is 9.99. The molecule has 0 aliphatic carbocycles. The number of carbonyl (C=O) groups is 3. The third kappa shape index (κ3) is 6.65. The van der Waals surface area contributed by atoms with Gasteiger partial charge in [-0.05, 0) is 28.3 Å². The van der Waals surface area contributed by atoms with Crippen LogP contribution in [0, 0.1) is 0 Å². The number of hydrogen-bond donors (Lipinski definition) is 3. The van der Waals surface area contributed by atoms with Crippen LogP contribution in [0.1, 0.15) is 17.5 Å². The van der Waals surface area contributed by atoms with Crippen molar-refractivity contribution < 1.29 is 19.5 Å². The summed E-state index contributed by atoms with van der Waals surface area (Å²) >= 11 is 0. The number of nitrogens with zero attached hydrogens (tertiary/aromatic N) is 1. The van der Waals surface area contributed by atoms with E-state index >= 15 is 0 Å². The van der Waals surface area contributed by atoms with Gasteiger partial charge in [-0.1, -0.05) is 72.8 Å². The maximum atomic E-state index is 13.5. The second-order valence-electron chi connectivity index (χ2n) is 8.25. The van der Waals surface area contributed by atoms with Crippen LogP contribution in [0.4, 0.5) is 0 Å². The SMILES string of the molecule is CN(C(=O)C(Cc1ccc2ccccc2c1)NC=O)C(Cc1ccccc1)C(=O)NCCCO. The molecule has 0 saturated carbocycles. The maximum absolute atomic E-state index is 13.5. The van der Waals surface area contributed by atoms with Gasteiger partial charge in [-0.2, -0.15) is 0 Å². The molecule has 0 aliphatic rings. The van der Waals surface area contributed by atoms with Gasteiger partial charge in [0.1, 0.15) is 12.1 Å². The van der Waals surface area contributed by atoms with E-state index < -0.39 is 12.1 Å². The molecule has 7 heteroatoms. The summed E-state index contributed by atoms with van der Waals surface area (Å²) in [5.74, 6) is -0.651. The lowest BCUT2D eigenvalue weighted by Gasteiger charge is -2.30. The van der Waals surface area contributed by atoms with Gasteiger partial charge in [0.25, 0.3) is 0 Å². The Morgan fingerprint density at radius 2 is 1.65 bits per heavy atom. The van der Waals surface area contributed by atoms with E-state index in [4.69, 9.17) is 5.11 Å². The molecule has 0 bridgehead atoms. The first kappa shape index (κ1) is 24.9. The van der Waals surface area contributed by atoms with E-state index in [1.807, 2.05) is 72.8 Å². The van der Waals surface area contributed by atoms with E-state index in [1.54, 1.807) is 7.05 Å². The van der Waals surface area contributed by atoms with Crippen LogP contribution in [-0.4, -0.2) is 60.5 Å². The zero-order valence-corrected chi connectivity index (χ0v) is 19.3. The maximum Gasteiger partial charge on any atom is 0.245 e. The predicted octanol–water partition coefficient (Wildman–Crippen LogP) is 2.07. The Balaban J connectivity index is 1.80. The third-order valence-corrected chi connectivity index (χ3v) is 5.84. The second kappa shape index (κ2) is 12.5. The largest absolute Gasteiger partial charge is 0.396 e. The molecule has 7 nitrogen and oxygen atoms in total. The molecule has 0 saturated heterocycles. The second-order valence-corrected chi connectivity index (χ2v) is 8.25. The van der Waals surface area contributed by atoms with Gasteiger partial charge in [0.05, 0.1) is 0 Å². The third-order valence-electron chi connectivity index (χ3n) is 5.84. The molecule has 178 valence electrons. The molecule has 3 aromatic rings. The van der Waals surface area contributed by atoms with Crippen molar-refractivity contribution in [3.05, 3.63) is 83.9 Å². The number of carbonyl (C=O) groups excluding carboxylic acids is 3. The number of likely N-dealkylation sites (N-methyl/N-ethyl adjacent to an activating group) is 1. The van der Waals surface area contributed by atoms with Gasteiger partial charge in [-0.3, -0.25) is 14.4 Å². The topological polar surface area (TPSA) is 98.7 Å². The van der Waals surface area contributed by atoms with Crippen LogP contribution in [0.3, 0.4) is 0 Å². The normalized spacial score (nSPS) is 12.5. The summed E-state index contributed by atoms with van der Waals surface area (Å²) in [5, 5.41) is 16.6. The minimum Gasteiger partial charge on any atom is -0.396 e. The highest BCUT2D eigenvalue weighted by atomic mass is 16.3. The van der Waals surface area contributed by atoms with Crippen molar-refractivity contribution in [2.45, 2.75) is 31.3 Å². The number of amides is 3. The van der Waals surface area contributed by atoms with Crippen LogP contribution >= 0.6 is 0 Å². The molecule has 3 amide bonds. The Labute approximate surface area is 199 Å². The first-order chi connectivity index (χ1) is 16.5. The summed E-state index contributed by atoms with van der Waals surface area (Å²) in [5.41, 5.74) is 1.82. The lowest BCUT2D eigenvalue weighted by Crippen LogP contribution is -2.54. The Hall–Kier alpha value is -3.71. The number of aliphatic hydroxyl groups excluding tert-OH is 1. The van der Waals surface area contributed by atoms with E-state index in [0.717, 1.165) is 21.9 Å². The summed E-state index contributed by atoms with van der Waals surface area (Å²) in [6.07, 6.45) is 1.58. The summed E-state index contributed by atoms with van der Waals surface area (Å²) in [4.78, 5) is 39.2. The Kier molecular flexibility index (Phi) is 9.17. The van der Waals surface area contributed by atoms with E-state index in [2.05, 4.69) is 10.6 Å². The molecule has 3 N–H and O–H groups in total. The number of hydrogen-bond acceptors (Lipinski definition) is 4. The quantitative estimate of drug-likeness (QED) is 0.284. The van der Waals surface area contributed by atoms with Crippen molar-refractivity contribution in [2.24, 2.45) is 0 Å². The van der Waals surface area contributed by atoms with Crippen LogP contribution < -0.4 is 10.6 Å². The molecule has 0 radical (unpaired) electrons. The number of aliphatic hydroxyl groups is 1. The summed E-state index contributed by atoms with van der Waals surface area (Å²) in [6.45, 7) is 0.283. The van der Waals surface area contributed by atoms with Crippen LogP contribution in [0.5, 0.6) is 0 Å². The fraction of sp³-hybridized carbons (Fsp3) is 0.296. The molecule has 34 heavy (non-hydrogen) atoms. The first-order valence-electron chi connectivity index (χ1n) is 11.4. The van der Waals surface area contributed by atoms with Gasteiger partial charge in [0.15, 0.2) is 0 Å². The highest BCUT2D eigenvalue weighted by Gasteiger charge is 2.31. The van der Waals surface area contributed by atoms with Crippen molar-refractivity contribution in [1.82, 2.24) is 15.5 Å². The lowest BCUT2D eigenvalue weighted by molar-refractivity contribution is -0.141. The number of nitrogens with one attached hydrogen (secondary N) is 2. The Morgan fingerprint density at radius 3 is 2.35 bits per heavy atom. The molecule has 3 rings (SSSR count). The van der Waals surface area contributed by atoms with Crippen LogP contribution in [-0.2, 0) is 27.2 Å². The average molecular weight is 462 g/mol. The number of benzene rings is 3. The molecule has 0 spiro atoms. The molecular weight excluding hydrogens is 430 g/mol. The Bertz CT molecular complexity index is 1100.